The average Bonchev–Trinajstić information content (AvgIpc) is 3.30. The summed E-state index contributed by atoms with van der Waals surface area (Å²) >= 11 is 6.10. The van der Waals surface area contributed by atoms with Crippen molar-refractivity contribution in [1.82, 2.24) is 20.1 Å². The van der Waals surface area contributed by atoms with E-state index in [1.54, 1.807) is 19.3 Å². The van der Waals surface area contributed by atoms with Crippen molar-refractivity contribution in [3.8, 4) is 5.75 Å². The highest BCUT2D eigenvalue weighted by Gasteiger charge is 2.28. The number of aryl methyl sites for hydroxylation is 1. The highest BCUT2D eigenvalue weighted by atomic mass is 35.5. The SMILES string of the molecule is Cc1ccc(Cl)c(O[C@@H](C)C(=O)NCCn2cnnc2C2CC2)c1. The van der Waals surface area contributed by atoms with Crippen LogP contribution < -0.4 is 10.1 Å². The Labute approximate surface area is 146 Å². The number of hydrogen-bond acceptors (Lipinski definition) is 4. The smallest absolute Gasteiger partial charge is 0.260 e. The molecule has 1 aliphatic carbocycles. The van der Waals surface area contributed by atoms with Crippen LogP contribution in [0.1, 0.15) is 37.1 Å². The molecule has 0 bridgehead atoms. The summed E-state index contributed by atoms with van der Waals surface area (Å²) in [7, 11) is 0. The van der Waals surface area contributed by atoms with Crippen molar-refractivity contribution in [3.63, 3.8) is 0 Å². The van der Waals surface area contributed by atoms with Crippen LogP contribution in [0.15, 0.2) is 24.5 Å². The third-order valence-electron chi connectivity index (χ3n) is 4.00. The Morgan fingerprint density at radius 1 is 1.50 bits per heavy atom. The van der Waals surface area contributed by atoms with Gasteiger partial charge in [0.2, 0.25) is 0 Å². The monoisotopic (exact) mass is 348 g/mol. The molecule has 1 amide bonds. The van der Waals surface area contributed by atoms with Gasteiger partial charge in [-0.1, -0.05) is 17.7 Å². The first-order valence-corrected chi connectivity index (χ1v) is 8.50. The number of halogens is 1. The molecule has 7 heteroatoms. The van der Waals surface area contributed by atoms with Crippen LogP contribution in [0, 0.1) is 6.92 Å². The average molecular weight is 349 g/mol. The number of nitrogens with one attached hydrogen (secondary N) is 1. The summed E-state index contributed by atoms with van der Waals surface area (Å²) in [5.41, 5.74) is 1.03. The van der Waals surface area contributed by atoms with Crippen LogP contribution in [0.2, 0.25) is 5.02 Å². The van der Waals surface area contributed by atoms with Crippen molar-refractivity contribution < 1.29 is 9.53 Å². The molecule has 0 unspecified atom stereocenters. The molecule has 0 radical (unpaired) electrons. The van der Waals surface area contributed by atoms with Crippen LogP contribution in [-0.4, -0.2) is 33.3 Å². The fourth-order valence-electron chi connectivity index (χ4n) is 2.48. The minimum absolute atomic E-state index is 0.173. The van der Waals surface area contributed by atoms with Crippen molar-refractivity contribution in [3.05, 3.63) is 40.9 Å². The first-order chi connectivity index (χ1) is 11.5. The predicted octanol–water partition coefficient (Wildman–Crippen LogP) is 2.70. The Balaban J connectivity index is 1.49. The Morgan fingerprint density at radius 3 is 3.04 bits per heavy atom. The Hall–Kier alpha value is -2.08. The second-order valence-electron chi connectivity index (χ2n) is 6.14. The molecule has 0 aliphatic heterocycles. The molecule has 128 valence electrons. The van der Waals surface area contributed by atoms with E-state index in [-0.39, 0.29) is 5.91 Å². The summed E-state index contributed by atoms with van der Waals surface area (Å²) in [6.45, 7) is 4.82. The summed E-state index contributed by atoms with van der Waals surface area (Å²) in [5, 5.41) is 11.5. The van der Waals surface area contributed by atoms with Gasteiger partial charge in [-0.2, -0.15) is 0 Å². The van der Waals surface area contributed by atoms with E-state index in [0.29, 0.717) is 29.8 Å². The molecule has 1 N–H and O–H groups in total. The topological polar surface area (TPSA) is 69.0 Å². The van der Waals surface area contributed by atoms with Gasteiger partial charge in [-0.05, 0) is 44.4 Å². The van der Waals surface area contributed by atoms with Gasteiger partial charge in [0.05, 0.1) is 5.02 Å². The van der Waals surface area contributed by atoms with Crippen molar-refractivity contribution >= 4 is 17.5 Å². The maximum atomic E-state index is 12.2. The lowest BCUT2D eigenvalue weighted by atomic mass is 10.2. The fourth-order valence-corrected chi connectivity index (χ4v) is 2.64. The number of carbonyl (C=O) groups is 1. The second kappa shape index (κ2) is 7.21. The summed E-state index contributed by atoms with van der Waals surface area (Å²) in [4.78, 5) is 12.2. The van der Waals surface area contributed by atoms with E-state index in [0.717, 1.165) is 11.4 Å². The number of aromatic nitrogens is 3. The van der Waals surface area contributed by atoms with Crippen molar-refractivity contribution in [2.45, 2.75) is 45.3 Å². The first-order valence-electron chi connectivity index (χ1n) is 8.13. The number of rotatable bonds is 7. The highest BCUT2D eigenvalue weighted by molar-refractivity contribution is 6.32. The van der Waals surface area contributed by atoms with Gasteiger partial charge in [0.25, 0.3) is 5.91 Å². The van der Waals surface area contributed by atoms with Crippen LogP contribution in [0.3, 0.4) is 0 Å². The fraction of sp³-hybridized carbons (Fsp3) is 0.471. The van der Waals surface area contributed by atoms with E-state index < -0.39 is 6.10 Å². The predicted molar refractivity (Wildman–Crippen MR) is 91.3 cm³/mol. The zero-order valence-electron chi connectivity index (χ0n) is 13.8. The zero-order chi connectivity index (χ0) is 17.1. The molecule has 1 heterocycles. The summed E-state index contributed by atoms with van der Waals surface area (Å²) in [6, 6.07) is 5.49. The number of hydrogen-bond donors (Lipinski definition) is 1. The van der Waals surface area contributed by atoms with Gasteiger partial charge < -0.3 is 14.6 Å². The van der Waals surface area contributed by atoms with Crippen molar-refractivity contribution in [2.24, 2.45) is 0 Å². The van der Waals surface area contributed by atoms with Crippen LogP contribution in [0.25, 0.3) is 0 Å². The first kappa shape index (κ1) is 16.8. The Kier molecular flexibility index (Phi) is 5.04. The van der Waals surface area contributed by atoms with E-state index in [1.807, 2.05) is 23.6 Å². The van der Waals surface area contributed by atoms with Crippen molar-refractivity contribution in [1.29, 1.82) is 0 Å². The van der Waals surface area contributed by atoms with Crippen LogP contribution in [0.4, 0.5) is 0 Å². The zero-order valence-corrected chi connectivity index (χ0v) is 14.6. The molecule has 0 spiro atoms. The molecule has 1 atom stereocenters. The summed E-state index contributed by atoms with van der Waals surface area (Å²) in [6.07, 6.45) is 3.44. The third-order valence-corrected chi connectivity index (χ3v) is 4.31. The number of nitrogens with zero attached hydrogens (tertiary/aromatic N) is 3. The highest BCUT2D eigenvalue weighted by Crippen LogP contribution is 2.38. The minimum Gasteiger partial charge on any atom is -0.479 e. The maximum absolute atomic E-state index is 12.2. The molecule has 1 aromatic carbocycles. The van der Waals surface area contributed by atoms with Gasteiger partial charge in [-0.15, -0.1) is 10.2 Å². The largest absolute Gasteiger partial charge is 0.479 e. The summed E-state index contributed by atoms with van der Waals surface area (Å²) < 4.78 is 7.67. The molecular formula is C17H21ClN4O2. The van der Waals surface area contributed by atoms with Crippen LogP contribution in [-0.2, 0) is 11.3 Å². The van der Waals surface area contributed by atoms with Gasteiger partial charge in [0.15, 0.2) is 6.10 Å². The number of amides is 1. The quantitative estimate of drug-likeness (QED) is 0.835. The second-order valence-corrected chi connectivity index (χ2v) is 6.55. The molecule has 0 saturated heterocycles. The molecule has 2 aromatic rings. The van der Waals surface area contributed by atoms with Crippen LogP contribution >= 0.6 is 11.6 Å². The lowest BCUT2D eigenvalue weighted by Gasteiger charge is -2.16. The lowest BCUT2D eigenvalue weighted by molar-refractivity contribution is -0.127. The molecule has 3 rings (SSSR count). The van der Waals surface area contributed by atoms with E-state index in [1.165, 1.54) is 12.8 Å². The van der Waals surface area contributed by atoms with Gasteiger partial charge in [0, 0.05) is 19.0 Å². The maximum Gasteiger partial charge on any atom is 0.260 e. The molecule has 1 aromatic heterocycles. The van der Waals surface area contributed by atoms with Crippen molar-refractivity contribution in [2.75, 3.05) is 6.54 Å². The van der Waals surface area contributed by atoms with Gasteiger partial charge in [-0.3, -0.25) is 4.79 Å². The molecule has 1 saturated carbocycles. The van der Waals surface area contributed by atoms with E-state index in [9.17, 15) is 4.79 Å². The molecular weight excluding hydrogens is 328 g/mol. The normalized spacial score (nSPS) is 15.1. The molecule has 1 aliphatic rings. The van der Waals surface area contributed by atoms with E-state index in [2.05, 4.69) is 15.5 Å². The standard InChI is InChI=1S/C17H21ClN4O2/c1-11-3-6-14(18)15(9-11)24-12(2)17(23)19-7-8-22-10-20-21-16(22)13-4-5-13/h3,6,9-10,12-13H,4-5,7-8H2,1-2H3,(H,19,23)/t12-/m0/s1. The number of ether oxygens (including phenoxy) is 1. The number of benzene rings is 1. The molecule has 1 fully saturated rings. The van der Waals surface area contributed by atoms with Crippen LogP contribution in [0.5, 0.6) is 5.75 Å². The Bertz CT molecular complexity index is 727. The minimum atomic E-state index is -0.617. The van der Waals surface area contributed by atoms with Gasteiger partial charge in [-0.25, -0.2) is 0 Å². The Morgan fingerprint density at radius 2 is 2.29 bits per heavy atom. The molecule has 6 nitrogen and oxygen atoms in total. The third kappa shape index (κ3) is 4.06. The van der Waals surface area contributed by atoms with Gasteiger partial charge >= 0.3 is 0 Å². The lowest BCUT2D eigenvalue weighted by Crippen LogP contribution is -2.38. The molecule has 24 heavy (non-hydrogen) atoms. The van der Waals surface area contributed by atoms with E-state index in [4.69, 9.17) is 16.3 Å². The summed E-state index contributed by atoms with van der Waals surface area (Å²) in [5.74, 6) is 1.90. The van der Waals surface area contributed by atoms with Gasteiger partial charge in [0.1, 0.15) is 17.9 Å². The van der Waals surface area contributed by atoms with E-state index >= 15 is 0 Å². The number of carbonyl (C=O) groups excluding carboxylic acids is 1.